The van der Waals surface area contributed by atoms with E-state index in [1.165, 1.54) is 5.56 Å². The summed E-state index contributed by atoms with van der Waals surface area (Å²) in [6.07, 6.45) is 1.64. The summed E-state index contributed by atoms with van der Waals surface area (Å²) in [5, 5.41) is 2.81. The number of amides is 2. The first-order valence-electron chi connectivity index (χ1n) is 12.2. The number of carbonyl (C=O) groups is 2. The SMILES string of the molecule is CC(C)(C)OC(=O)NCc1cccc(C2CCN(C(=O)c3cccc(OC[Si](C)(C)O)c3)CC2)c1. The van der Waals surface area contributed by atoms with Gasteiger partial charge in [0.1, 0.15) is 17.6 Å². The van der Waals surface area contributed by atoms with Crippen molar-refractivity contribution in [2.45, 2.75) is 64.8 Å². The molecule has 1 heterocycles. The van der Waals surface area contributed by atoms with Gasteiger partial charge in [-0.3, -0.25) is 4.79 Å². The van der Waals surface area contributed by atoms with Gasteiger partial charge in [-0.25, -0.2) is 4.79 Å². The Morgan fingerprint density at radius 3 is 2.43 bits per heavy atom. The third-order valence-electron chi connectivity index (χ3n) is 5.71. The van der Waals surface area contributed by atoms with Crippen LogP contribution in [-0.4, -0.2) is 54.9 Å². The molecule has 0 aromatic heterocycles. The number of hydrogen-bond donors (Lipinski definition) is 2. The van der Waals surface area contributed by atoms with Crippen molar-refractivity contribution >= 4 is 20.3 Å². The summed E-state index contributed by atoms with van der Waals surface area (Å²) in [5.74, 6) is 0.980. The molecule has 3 rings (SSSR count). The zero-order valence-electron chi connectivity index (χ0n) is 21.5. The summed E-state index contributed by atoms with van der Waals surface area (Å²) >= 11 is 0. The molecule has 0 bridgehead atoms. The van der Waals surface area contributed by atoms with Crippen LogP contribution in [0.1, 0.15) is 61.0 Å². The number of alkyl carbamates (subject to hydrolysis) is 1. The van der Waals surface area contributed by atoms with Crippen LogP contribution in [0.25, 0.3) is 0 Å². The van der Waals surface area contributed by atoms with E-state index in [1.807, 2.05) is 69.1 Å². The number of piperidine rings is 1. The molecule has 2 N–H and O–H groups in total. The first-order valence-corrected chi connectivity index (χ1v) is 15.4. The van der Waals surface area contributed by atoms with E-state index >= 15 is 0 Å². The summed E-state index contributed by atoms with van der Waals surface area (Å²) in [7, 11) is -2.33. The number of carbonyl (C=O) groups excluding carboxylic acids is 2. The van der Waals surface area contributed by atoms with Crippen molar-refractivity contribution in [2.75, 3.05) is 19.3 Å². The molecule has 1 aliphatic heterocycles. The van der Waals surface area contributed by atoms with E-state index in [4.69, 9.17) is 9.47 Å². The maximum Gasteiger partial charge on any atom is 0.407 e. The van der Waals surface area contributed by atoms with E-state index in [9.17, 15) is 14.4 Å². The Balaban J connectivity index is 1.54. The Morgan fingerprint density at radius 2 is 1.77 bits per heavy atom. The van der Waals surface area contributed by atoms with Crippen LogP contribution in [0.2, 0.25) is 13.1 Å². The molecule has 8 heteroatoms. The molecule has 2 aromatic carbocycles. The van der Waals surface area contributed by atoms with Gasteiger partial charge in [0, 0.05) is 25.2 Å². The Hall–Kier alpha value is -2.84. The smallest absolute Gasteiger partial charge is 0.407 e. The molecule has 2 aromatic rings. The standard InChI is InChI=1S/C27H38N2O5Si/c1-27(2,3)34-26(31)28-18-20-8-6-9-22(16-20)21-12-14-29(15-13-21)25(30)23-10-7-11-24(17-23)33-19-35(4,5)32/h6-11,16-17,21,32H,12-15,18-19H2,1-5H3,(H,28,31). The maximum absolute atomic E-state index is 13.1. The quantitative estimate of drug-likeness (QED) is 0.533. The lowest BCUT2D eigenvalue weighted by Crippen LogP contribution is -2.38. The van der Waals surface area contributed by atoms with Crippen molar-refractivity contribution in [1.82, 2.24) is 10.2 Å². The number of nitrogens with zero attached hydrogens (tertiary/aromatic N) is 1. The van der Waals surface area contributed by atoms with Crippen molar-refractivity contribution in [3.63, 3.8) is 0 Å². The van der Waals surface area contributed by atoms with Crippen LogP contribution in [0.5, 0.6) is 5.75 Å². The number of hydrogen-bond acceptors (Lipinski definition) is 5. The normalized spacial score (nSPS) is 15.0. The van der Waals surface area contributed by atoms with E-state index < -0.39 is 20.0 Å². The summed E-state index contributed by atoms with van der Waals surface area (Å²) in [6.45, 7) is 10.9. The van der Waals surface area contributed by atoms with Gasteiger partial charge in [-0.15, -0.1) is 0 Å². The molecule has 190 valence electrons. The second-order valence-corrected chi connectivity index (χ2v) is 14.7. The third kappa shape index (κ3) is 8.71. The van der Waals surface area contributed by atoms with Gasteiger partial charge >= 0.3 is 6.09 Å². The molecule has 0 radical (unpaired) electrons. The zero-order valence-corrected chi connectivity index (χ0v) is 22.5. The molecule has 1 fully saturated rings. The largest absolute Gasteiger partial charge is 0.494 e. The summed E-state index contributed by atoms with van der Waals surface area (Å²) in [5.41, 5.74) is 2.34. The predicted molar refractivity (Wildman–Crippen MR) is 139 cm³/mol. The number of benzene rings is 2. The second-order valence-electron chi connectivity index (χ2n) is 10.8. The lowest BCUT2D eigenvalue weighted by atomic mass is 9.88. The van der Waals surface area contributed by atoms with Crippen LogP contribution >= 0.6 is 0 Å². The molecule has 1 saturated heterocycles. The highest BCUT2D eigenvalue weighted by atomic mass is 28.4. The van der Waals surface area contributed by atoms with Crippen LogP contribution in [0.3, 0.4) is 0 Å². The van der Waals surface area contributed by atoms with Crippen molar-refractivity contribution in [1.29, 1.82) is 0 Å². The Labute approximate surface area is 209 Å². The fourth-order valence-electron chi connectivity index (χ4n) is 4.02. The van der Waals surface area contributed by atoms with Gasteiger partial charge in [-0.05, 0) is 82.0 Å². The first kappa shape index (κ1) is 26.8. The van der Waals surface area contributed by atoms with Crippen molar-refractivity contribution in [2.24, 2.45) is 0 Å². The van der Waals surface area contributed by atoms with Crippen LogP contribution in [-0.2, 0) is 11.3 Å². The monoisotopic (exact) mass is 498 g/mol. The van der Waals surface area contributed by atoms with Crippen LogP contribution < -0.4 is 10.1 Å². The van der Waals surface area contributed by atoms with Crippen molar-refractivity contribution in [3.05, 3.63) is 65.2 Å². The third-order valence-corrected chi connectivity index (χ3v) is 6.56. The fraction of sp³-hybridized carbons (Fsp3) is 0.481. The Bertz CT molecular complexity index is 1020. The molecule has 0 unspecified atom stereocenters. The molecule has 35 heavy (non-hydrogen) atoms. The zero-order chi connectivity index (χ0) is 25.6. The van der Waals surface area contributed by atoms with Crippen molar-refractivity contribution in [3.8, 4) is 5.75 Å². The van der Waals surface area contributed by atoms with E-state index in [-0.39, 0.29) is 5.91 Å². The van der Waals surface area contributed by atoms with Crippen LogP contribution in [0.4, 0.5) is 4.79 Å². The molecule has 2 amide bonds. The molecular formula is C27H38N2O5Si. The van der Waals surface area contributed by atoms with Gasteiger partial charge in [0.25, 0.3) is 5.91 Å². The minimum atomic E-state index is -2.33. The summed E-state index contributed by atoms with van der Waals surface area (Å²) in [4.78, 5) is 36.9. The van der Waals surface area contributed by atoms with E-state index in [1.54, 1.807) is 6.07 Å². The minimum Gasteiger partial charge on any atom is -0.494 e. The Morgan fingerprint density at radius 1 is 1.09 bits per heavy atom. The van der Waals surface area contributed by atoms with E-state index in [2.05, 4.69) is 17.4 Å². The van der Waals surface area contributed by atoms with Gasteiger partial charge in [-0.1, -0.05) is 30.3 Å². The highest BCUT2D eigenvalue weighted by molar-refractivity contribution is 6.69. The fourth-order valence-corrected chi connectivity index (χ4v) is 4.54. The second kappa shape index (κ2) is 11.3. The van der Waals surface area contributed by atoms with E-state index in [0.717, 1.165) is 18.4 Å². The van der Waals surface area contributed by atoms with Crippen LogP contribution in [0, 0.1) is 0 Å². The molecule has 1 aliphatic rings. The number of likely N-dealkylation sites (tertiary alicyclic amines) is 1. The number of nitrogens with one attached hydrogen (secondary N) is 1. The average Bonchev–Trinajstić information content (AvgIpc) is 2.80. The number of rotatable bonds is 7. The van der Waals surface area contributed by atoms with E-state index in [0.29, 0.717) is 43.1 Å². The topological polar surface area (TPSA) is 88.1 Å². The Kier molecular flexibility index (Phi) is 8.61. The molecular weight excluding hydrogens is 460 g/mol. The van der Waals surface area contributed by atoms with Crippen molar-refractivity contribution < 1.29 is 23.9 Å². The molecule has 0 atom stereocenters. The van der Waals surface area contributed by atoms with Gasteiger partial charge in [-0.2, -0.15) is 0 Å². The molecule has 7 nitrogen and oxygen atoms in total. The van der Waals surface area contributed by atoms with Gasteiger partial charge < -0.3 is 24.5 Å². The average molecular weight is 499 g/mol. The number of ether oxygens (including phenoxy) is 2. The highest BCUT2D eigenvalue weighted by Gasteiger charge is 2.25. The first-order chi connectivity index (χ1) is 16.4. The van der Waals surface area contributed by atoms with Gasteiger partial charge in [0.2, 0.25) is 8.32 Å². The highest BCUT2D eigenvalue weighted by Crippen LogP contribution is 2.29. The molecule has 0 aliphatic carbocycles. The minimum absolute atomic E-state index is 0.00437. The van der Waals surface area contributed by atoms with Crippen LogP contribution in [0.15, 0.2) is 48.5 Å². The predicted octanol–water partition coefficient (Wildman–Crippen LogP) is 4.85. The lowest BCUT2D eigenvalue weighted by molar-refractivity contribution is 0.0523. The van der Waals surface area contributed by atoms with Gasteiger partial charge in [0.15, 0.2) is 0 Å². The molecule has 0 saturated carbocycles. The summed E-state index contributed by atoms with van der Waals surface area (Å²) < 4.78 is 11.0. The van der Waals surface area contributed by atoms with Gasteiger partial charge in [0.05, 0.1) is 0 Å². The maximum atomic E-state index is 13.1. The molecule has 0 spiro atoms. The summed E-state index contributed by atoms with van der Waals surface area (Å²) in [6, 6.07) is 15.5. The lowest BCUT2D eigenvalue weighted by Gasteiger charge is -2.32.